The second kappa shape index (κ2) is 5.76. The summed E-state index contributed by atoms with van der Waals surface area (Å²) in [6, 6.07) is 14.2. The normalized spacial score (nSPS) is 11.9. The third kappa shape index (κ3) is 3.26. The van der Waals surface area contributed by atoms with Gasteiger partial charge in [0, 0.05) is 16.1 Å². The molecular formula is C15H14ClNO2. The second-order valence-corrected chi connectivity index (χ2v) is 4.58. The molecule has 0 bridgehead atoms. The van der Waals surface area contributed by atoms with Gasteiger partial charge in [0.1, 0.15) is 11.9 Å². The van der Waals surface area contributed by atoms with Gasteiger partial charge in [-0.25, -0.2) is 0 Å². The smallest absolute Gasteiger partial charge is 0.248 e. The van der Waals surface area contributed by atoms with E-state index >= 15 is 0 Å². The molecule has 0 aliphatic carbocycles. The van der Waals surface area contributed by atoms with Crippen LogP contribution in [0.5, 0.6) is 5.75 Å². The van der Waals surface area contributed by atoms with Crippen LogP contribution in [-0.4, -0.2) is 5.91 Å². The Morgan fingerprint density at radius 3 is 2.37 bits per heavy atom. The predicted octanol–water partition coefficient (Wildman–Crippen LogP) is 3.58. The predicted molar refractivity (Wildman–Crippen MR) is 75.5 cm³/mol. The van der Waals surface area contributed by atoms with Crippen LogP contribution in [-0.2, 0) is 0 Å². The largest absolute Gasteiger partial charge is 0.486 e. The molecule has 3 nitrogen and oxygen atoms in total. The highest BCUT2D eigenvalue weighted by Gasteiger charge is 2.11. The fourth-order valence-corrected chi connectivity index (χ4v) is 2.06. The minimum absolute atomic E-state index is 0.173. The number of hydrogen-bond acceptors (Lipinski definition) is 2. The Labute approximate surface area is 117 Å². The van der Waals surface area contributed by atoms with Crippen molar-refractivity contribution in [3.63, 3.8) is 0 Å². The minimum atomic E-state index is -0.453. The number of amides is 1. The first-order valence-corrected chi connectivity index (χ1v) is 6.26. The second-order valence-electron chi connectivity index (χ2n) is 4.17. The van der Waals surface area contributed by atoms with Gasteiger partial charge in [-0.2, -0.15) is 0 Å². The highest BCUT2D eigenvalue weighted by molar-refractivity contribution is 6.31. The third-order valence-electron chi connectivity index (χ3n) is 2.79. The number of nitrogens with two attached hydrogens (primary N) is 1. The molecule has 2 aromatic carbocycles. The van der Waals surface area contributed by atoms with Gasteiger partial charge in [-0.1, -0.05) is 29.8 Å². The summed E-state index contributed by atoms with van der Waals surface area (Å²) in [5.74, 6) is 0.211. The van der Waals surface area contributed by atoms with Crippen molar-refractivity contribution in [2.45, 2.75) is 13.0 Å². The van der Waals surface area contributed by atoms with Gasteiger partial charge in [-0.05, 0) is 37.3 Å². The number of ether oxygens (including phenoxy) is 1. The zero-order valence-electron chi connectivity index (χ0n) is 10.5. The Morgan fingerprint density at radius 2 is 1.79 bits per heavy atom. The van der Waals surface area contributed by atoms with Gasteiger partial charge in [0.05, 0.1) is 0 Å². The van der Waals surface area contributed by atoms with E-state index < -0.39 is 5.91 Å². The summed E-state index contributed by atoms with van der Waals surface area (Å²) in [6.07, 6.45) is -0.173. The van der Waals surface area contributed by atoms with E-state index in [4.69, 9.17) is 22.1 Å². The summed E-state index contributed by atoms with van der Waals surface area (Å²) >= 11 is 6.11. The van der Waals surface area contributed by atoms with Crippen LogP contribution in [0.1, 0.15) is 28.9 Å². The molecular weight excluding hydrogens is 262 g/mol. The average molecular weight is 276 g/mol. The Kier molecular flexibility index (Phi) is 4.07. The molecule has 19 heavy (non-hydrogen) atoms. The van der Waals surface area contributed by atoms with E-state index in [1.54, 1.807) is 24.3 Å². The first kappa shape index (κ1) is 13.4. The molecule has 0 aliphatic heterocycles. The number of rotatable bonds is 4. The maximum atomic E-state index is 11.0. The van der Waals surface area contributed by atoms with Gasteiger partial charge < -0.3 is 10.5 Å². The number of benzene rings is 2. The van der Waals surface area contributed by atoms with Crippen LogP contribution in [0, 0.1) is 0 Å². The SMILES string of the molecule is C[C@@H](Oc1ccc(C(N)=O)cc1)c1ccccc1Cl. The molecule has 2 aromatic rings. The maximum Gasteiger partial charge on any atom is 0.248 e. The van der Waals surface area contributed by atoms with Crippen LogP contribution < -0.4 is 10.5 Å². The molecule has 0 heterocycles. The summed E-state index contributed by atoms with van der Waals surface area (Å²) in [5.41, 5.74) is 6.55. The molecule has 0 fully saturated rings. The standard InChI is InChI=1S/C15H14ClNO2/c1-10(13-4-2-3-5-14(13)16)19-12-8-6-11(7-9-12)15(17)18/h2-10H,1H3,(H2,17,18)/t10-/m1/s1. The lowest BCUT2D eigenvalue weighted by Crippen LogP contribution is -2.10. The Morgan fingerprint density at radius 1 is 1.16 bits per heavy atom. The van der Waals surface area contributed by atoms with Gasteiger partial charge in [-0.3, -0.25) is 4.79 Å². The molecule has 2 rings (SSSR count). The zero-order valence-corrected chi connectivity index (χ0v) is 11.2. The molecule has 1 amide bonds. The number of primary amides is 1. The molecule has 0 saturated carbocycles. The minimum Gasteiger partial charge on any atom is -0.486 e. The molecule has 98 valence electrons. The molecule has 0 aromatic heterocycles. The van der Waals surface area contributed by atoms with E-state index in [0.29, 0.717) is 16.3 Å². The molecule has 0 aliphatic rings. The van der Waals surface area contributed by atoms with Crippen LogP contribution in [0.2, 0.25) is 5.02 Å². The Balaban J connectivity index is 2.13. The van der Waals surface area contributed by atoms with E-state index in [0.717, 1.165) is 5.56 Å². The topological polar surface area (TPSA) is 52.3 Å². The fourth-order valence-electron chi connectivity index (χ4n) is 1.77. The molecule has 2 N–H and O–H groups in total. The van der Waals surface area contributed by atoms with Crippen LogP contribution in [0.15, 0.2) is 48.5 Å². The van der Waals surface area contributed by atoms with E-state index in [1.807, 2.05) is 31.2 Å². The van der Waals surface area contributed by atoms with Crippen molar-refractivity contribution in [1.29, 1.82) is 0 Å². The molecule has 0 saturated heterocycles. The fraction of sp³-hybridized carbons (Fsp3) is 0.133. The van der Waals surface area contributed by atoms with Gasteiger partial charge in [0.2, 0.25) is 5.91 Å². The number of hydrogen-bond donors (Lipinski definition) is 1. The monoisotopic (exact) mass is 275 g/mol. The lowest BCUT2D eigenvalue weighted by molar-refractivity contribution is 0.1000. The summed E-state index contributed by atoms with van der Waals surface area (Å²) in [7, 11) is 0. The highest BCUT2D eigenvalue weighted by Crippen LogP contribution is 2.27. The first-order valence-electron chi connectivity index (χ1n) is 5.89. The zero-order chi connectivity index (χ0) is 13.8. The Hall–Kier alpha value is -2.00. The van der Waals surface area contributed by atoms with E-state index in [9.17, 15) is 4.79 Å². The summed E-state index contributed by atoms with van der Waals surface area (Å²) in [5, 5.41) is 0.670. The highest BCUT2D eigenvalue weighted by atomic mass is 35.5. The lowest BCUT2D eigenvalue weighted by atomic mass is 10.1. The molecule has 0 spiro atoms. The van der Waals surface area contributed by atoms with Crippen LogP contribution in [0.25, 0.3) is 0 Å². The summed E-state index contributed by atoms with van der Waals surface area (Å²) < 4.78 is 5.78. The van der Waals surface area contributed by atoms with Crippen molar-refractivity contribution >= 4 is 17.5 Å². The van der Waals surface area contributed by atoms with Gasteiger partial charge >= 0.3 is 0 Å². The molecule has 4 heteroatoms. The molecule has 0 unspecified atom stereocenters. The van der Waals surface area contributed by atoms with Crippen LogP contribution in [0.3, 0.4) is 0 Å². The van der Waals surface area contributed by atoms with Crippen molar-refractivity contribution in [3.8, 4) is 5.75 Å². The van der Waals surface area contributed by atoms with Crippen molar-refractivity contribution in [2.24, 2.45) is 5.73 Å². The van der Waals surface area contributed by atoms with Gasteiger partial charge in [0.15, 0.2) is 0 Å². The molecule has 0 radical (unpaired) electrons. The maximum absolute atomic E-state index is 11.0. The number of carbonyl (C=O) groups is 1. The van der Waals surface area contributed by atoms with E-state index in [-0.39, 0.29) is 6.10 Å². The van der Waals surface area contributed by atoms with E-state index in [2.05, 4.69) is 0 Å². The van der Waals surface area contributed by atoms with Crippen molar-refractivity contribution in [2.75, 3.05) is 0 Å². The average Bonchev–Trinajstić information content (AvgIpc) is 2.39. The number of carbonyl (C=O) groups excluding carboxylic acids is 1. The van der Waals surface area contributed by atoms with Crippen LogP contribution in [0.4, 0.5) is 0 Å². The van der Waals surface area contributed by atoms with Crippen molar-refractivity contribution in [1.82, 2.24) is 0 Å². The van der Waals surface area contributed by atoms with E-state index in [1.165, 1.54) is 0 Å². The lowest BCUT2D eigenvalue weighted by Gasteiger charge is -2.16. The summed E-state index contributed by atoms with van der Waals surface area (Å²) in [4.78, 5) is 11.0. The van der Waals surface area contributed by atoms with Gasteiger partial charge in [0.25, 0.3) is 0 Å². The molecule has 1 atom stereocenters. The third-order valence-corrected chi connectivity index (χ3v) is 3.14. The van der Waals surface area contributed by atoms with Crippen molar-refractivity contribution < 1.29 is 9.53 Å². The number of halogens is 1. The van der Waals surface area contributed by atoms with Crippen molar-refractivity contribution in [3.05, 3.63) is 64.7 Å². The quantitative estimate of drug-likeness (QED) is 0.927. The van der Waals surface area contributed by atoms with Gasteiger partial charge in [-0.15, -0.1) is 0 Å². The first-order chi connectivity index (χ1) is 9.08. The Bertz CT molecular complexity index is 581. The summed E-state index contributed by atoms with van der Waals surface area (Å²) in [6.45, 7) is 1.92. The van der Waals surface area contributed by atoms with Crippen LogP contribution >= 0.6 is 11.6 Å².